The van der Waals surface area contributed by atoms with E-state index in [1.807, 2.05) is 6.08 Å². The lowest BCUT2D eigenvalue weighted by Crippen LogP contribution is -2.60. The van der Waals surface area contributed by atoms with Gasteiger partial charge in [0.25, 0.3) is 0 Å². The summed E-state index contributed by atoms with van der Waals surface area (Å²) in [5, 5.41) is 0. The number of allylic oxidation sites excluding steroid dienone is 1. The zero-order chi connectivity index (χ0) is 11.3. The monoisotopic (exact) mass is 222 g/mol. The summed E-state index contributed by atoms with van der Waals surface area (Å²) in [6.45, 7) is 1.55. The first-order valence-corrected chi connectivity index (χ1v) is 5.74. The molecular formula is C12H14O4. The van der Waals surface area contributed by atoms with E-state index in [-0.39, 0.29) is 11.9 Å². The number of carbonyl (C=O) groups excluding carboxylic acids is 2. The maximum atomic E-state index is 12.0. The van der Waals surface area contributed by atoms with E-state index >= 15 is 0 Å². The fourth-order valence-electron chi connectivity index (χ4n) is 2.94. The van der Waals surface area contributed by atoms with Crippen molar-refractivity contribution in [3.63, 3.8) is 0 Å². The lowest BCUT2D eigenvalue weighted by molar-refractivity contribution is -0.221. The van der Waals surface area contributed by atoms with Crippen molar-refractivity contribution in [1.29, 1.82) is 0 Å². The molecule has 1 saturated heterocycles. The molecule has 2 bridgehead atoms. The predicted octanol–water partition coefficient (Wildman–Crippen LogP) is 1.20. The van der Waals surface area contributed by atoms with E-state index in [2.05, 4.69) is 6.08 Å². The number of fused-ring (bicyclic) bond motifs is 1. The number of rotatable bonds is 0. The normalized spacial score (nSPS) is 45.7. The molecule has 1 heterocycles. The zero-order valence-electron chi connectivity index (χ0n) is 9.14. The highest BCUT2D eigenvalue weighted by molar-refractivity contribution is 5.91. The van der Waals surface area contributed by atoms with E-state index in [0.29, 0.717) is 12.3 Å². The van der Waals surface area contributed by atoms with Gasteiger partial charge in [-0.1, -0.05) is 12.2 Å². The van der Waals surface area contributed by atoms with Gasteiger partial charge in [0.15, 0.2) is 6.10 Å². The molecule has 2 fully saturated rings. The number of hydrogen-bond acceptors (Lipinski definition) is 4. The fourth-order valence-corrected chi connectivity index (χ4v) is 2.94. The largest absolute Gasteiger partial charge is 0.448 e. The molecule has 0 radical (unpaired) electrons. The summed E-state index contributed by atoms with van der Waals surface area (Å²) in [6, 6.07) is 0. The van der Waals surface area contributed by atoms with Crippen LogP contribution in [0.15, 0.2) is 12.2 Å². The third-order valence-electron chi connectivity index (χ3n) is 3.87. The van der Waals surface area contributed by atoms with Gasteiger partial charge in [-0.3, -0.25) is 0 Å². The van der Waals surface area contributed by atoms with Crippen LogP contribution < -0.4 is 0 Å². The first-order chi connectivity index (χ1) is 7.62. The second-order valence-electron chi connectivity index (χ2n) is 4.89. The van der Waals surface area contributed by atoms with Crippen LogP contribution in [-0.4, -0.2) is 23.6 Å². The third-order valence-corrected chi connectivity index (χ3v) is 3.87. The number of cyclic esters (lactones) is 1. The summed E-state index contributed by atoms with van der Waals surface area (Å²) in [7, 11) is 0. The molecule has 1 saturated carbocycles. The van der Waals surface area contributed by atoms with Gasteiger partial charge in [0.05, 0.1) is 0 Å². The Balaban J connectivity index is 1.96. The Bertz CT molecular complexity index is 386. The average Bonchev–Trinajstić information content (AvgIpc) is 2.28. The summed E-state index contributed by atoms with van der Waals surface area (Å²) in [5.41, 5.74) is -1.01. The van der Waals surface area contributed by atoms with Crippen LogP contribution in [0.25, 0.3) is 0 Å². The van der Waals surface area contributed by atoms with Crippen molar-refractivity contribution >= 4 is 11.9 Å². The minimum absolute atomic E-state index is 0.00134. The van der Waals surface area contributed by atoms with E-state index in [9.17, 15) is 9.59 Å². The molecule has 4 nitrogen and oxygen atoms in total. The zero-order valence-corrected chi connectivity index (χ0v) is 9.14. The molecule has 4 atom stereocenters. The van der Waals surface area contributed by atoms with Gasteiger partial charge in [0.1, 0.15) is 0 Å². The van der Waals surface area contributed by atoms with Crippen LogP contribution in [-0.2, 0) is 19.1 Å². The fraction of sp³-hybridized carbons (Fsp3) is 0.667. The topological polar surface area (TPSA) is 52.6 Å². The molecule has 3 aliphatic carbocycles. The van der Waals surface area contributed by atoms with E-state index in [0.717, 1.165) is 12.8 Å². The van der Waals surface area contributed by atoms with Crippen molar-refractivity contribution in [3.05, 3.63) is 12.2 Å². The van der Waals surface area contributed by atoms with Crippen LogP contribution in [0.3, 0.4) is 0 Å². The third kappa shape index (κ3) is 1.16. The molecule has 1 aliphatic heterocycles. The molecule has 0 aromatic rings. The van der Waals surface area contributed by atoms with Gasteiger partial charge in [0.2, 0.25) is 5.60 Å². The summed E-state index contributed by atoms with van der Waals surface area (Å²) in [5.74, 6) is -0.431. The van der Waals surface area contributed by atoms with Crippen LogP contribution in [0, 0.1) is 11.8 Å². The maximum absolute atomic E-state index is 12.0. The molecule has 4 aliphatic rings. The van der Waals surface area contributed by atoms with E-state index in [4.69, 9.17) is 9.47 Å². The van der Waals surface area contributed by atoms with Crippen LogP contribution in [0.4, 0.5) is 0 Å². The van der Waals surface area contributed by atoms with Gasteiger partial charge >= 0.3 is 11.9 Å². The number of esters is 2. The number of ether oxygens (including phenoxy) is 2. The van der Waals surface area contributed by atoms with Crippen LogP contribution in [0.5, 0.6) is 0 Å². The van der Waals surface area contributed by atoms with Crippen LogP contribution in [0.1, 0.15) is 26.2 Å². The lowest BCUT2D eigenvalue weighted by Gasteiger charge is -2.47. The predicted molar refractivity (Wildman–Crippen MR) is 54.3 cm³/mol. The molecule has 0 amide bonds. The van der Waals surface area contributed by atoms with Gasteiger partial charge in [-0.25, -0.2) is 9.59 Å². The van der Waals surface area contributed by atoms with Crippen molar-refractivity contribution < 1.29 is 19.1 Å². The first kappa shape index (κ1) is 9.87. The summed E-state index contributed by atoms with van der Waals surface area (Å²) >= 11 is 0. The highest BCUT2D eigenvalue weighted by Crippen LogP contribution is 2.47. The highest BCUT2D eigenvalue weighted by atomic mass is 16.7. The first-order valence-electron chi connectivity index (χ1n) is 5.74. The summed E-state index contributed by atoms with van der Waals surface area (Å²) < 4.78 is 10.5. The minimum atomic E-state index is -1.01. The van der Waals surface area contributed by atoms with Gasteiger partial charge < -0.3 is 9.47 Å². The standard InChI is InChI=1S/C12H14O4/c1-7-10(13)16-12(11(14)15-7)6-8-2-4-9(12)5-3-8/h2,4,7-9H,3,5-6H2,1H3/t7-,8+,9-,12-/m0/s1. The molecule has 0 N–H and O–H groups in total. The number of hydrogen-bond donors (Lipinski definition) is 0. The Morgan fingerprint density at radius 2 is 2.12 bits per heavy atom. The van der Waals surface area contributed by atoms with Gasteiger partial charge in [-0.05, 0) is 25.7 Å². The molecule has 0 unspecified atom stereocenters. The van der Waals surface area contributed by atoms with Crippen LogP contribution >= 0.6 is 0 Å². The molecule has 0 aromatic heterocycles. The SMILES string of the molecule is C[C@@H]1OC(=O)[C@@]2(C[C@@H]3C=C[C@H]2CC3)OC1=O. The smallest absolute Gasteiger partial charge is 0.352 e. The second-order valence-corrected chi connectivity index (χ2v) is 4.89. The molecule has 16 heavy (non-hydrogen) atoms. The Morgan fingerprint density at radius 1 is 1.31 bits per heavy atom. The maximum Gasteiger partial charge on any atom is 0.352 e. The van der Waals surface area contributed by atoms with Crippen molar-refractivity contribution in [2.24, 2.45) is 11.8 Å². The quantitative estimate of drug-likeness (QED) is 0.456. The van der Waals surface area contributed by atoms with Gasteiger partial charge in [-0.2, -0.15) is 0 Å². The van der Waals surface area contributed by atoms with Crippen molar-refractivity contribution in [1.82, 2.24) is 0 Å². The van der Waals surface area contributed by atoms with Gasteiger partial charge in [-0.15, -0.1) is 0 Å². The van der Waals surface area contributed by atoms with E-state index < -0.39 is 17.7 Å². The molecule has 86 valence electrons. The Hall–Kier alpha value is -1.32. The molecule has 4 heteroatoms. The Kier molecular flexibility index (Phi) is 1.91. The van der Waals surface area contributed by atoms with Crippen molar-refractivity contribution in [2.75, 3.05) is 0 Å². The lowest BCUT2D eigenvalue weighted by atomic mass is 9.65. The van der Waals surface area contributed by atoms with E-state index in [1.54, 1.807) is 6.92 Å². The highest BCUT2D eigenvalue weighted by Gasteiger charge is 2.58. The van der Waals surface area contributed by atoms with Crippen molar-refractivity contribution in [3.8, 4) is 0 Å². The molecule has 1 spiro atoms. The number of carbonyl (C=O) groups is 2. The average molecular weight is 222 g/mol. The molecule has 0 aromatic carbocycles. The van der Waals surface area contributed by atoms with Crippen LogP contribution in [0.2, 0.25) is 0 Å². The second kappa shape index (κ2) is 3.09. The Morgan fingerprint density at radius 3 is 2.69 bits per heavy atom. The summed E-state index contributed by atoms with van der Waals surface area (Å²) in [4.78, 5) is 23.5. The van der Waals surface area contributed by atoms with Gasteiger partial charge in [0, 0.05) is 12.3 Å². The van der Waals surface area contributed by atoms with E-state index in [1.165, 1.54) is 0 Å². The summed E-state index contributed by atoms with van der Waals surface area (Å²) in [6.07, 6.45) is 5.93. The molecule has 4 rings (SSSR count). The Labute approximate surface area is 93.6 Å². The van der Waals surface area contributed by atoms with Crippen molar-refractivity contribution in [2.45, 2.75) is 37.9 Å². The minimum Gasteiger partial charge on any atom is -0.448 e. The molecular weight excluding hydrogens is 208 g/mol.